The topological polar surface area (TPSA) is 88.4 Å². The van der Waals surface area contributed by atoms with Crippen LogP contribution in [0, 0.1) is 0 Å². The SMILES string of the molecule is COc1cc(/C=C2\C(=O)N(c3ccc(C(=O)O)cc3)N=C2C)cc(Br)c1OC(C)C. The molecular formula is C22H21BrN2O5. The highest BCUT2D eigenvalue weighted by molar-refractivity contribution is 9.10. The van der Waals surface area contributed by atoms with Crippen LogP contribution in [0.3, 0.4) is 0 Å². The van der Waals surface area contributed by atoms with Gasteiger partial charge in [0.1, 0.15) is 0 Å². The Morgan fingerprint density at radius 1 is 1.23 bits per heavy atom. The van der Waals surface area contributed by atoms with Crippen LogP contribution in [-0.4, -0.2) is 35.9 Å². The first-order chi connectivity index (χ1) is 14.2. The Hall–Kier alpha value is -3.13. The van der Waals surface area contributed by atoms with E-state index in [4.69, 9.17) is 14.6 Å². The van der Waals surface area contributed by atoms with Gasteiger partial charge in [0.25, 0.3) is 5.91 Å². The fraction of sp³-hybridized carbons (Fsp3) is 0.227. The number of hydrazone groups is 1. The van der Waals surface area contributed by atoms with Crippen LogP contribution < -0.4 is 14.5 Å². The molecule has 7 nitrogen and oxygen atoms in total. The van der Waals surface area contributed by atoms with Gasteiger partial charge < -0.3 is 14.6 Å². The van der Waals surface area contributed by atoms with E-state index in [0.717, 1.165) is 5.56 Å². The number of halogens is 1. The standard InChI is InChI=1S/C22H21BrN2O5/c1-12(2)30-20-18(23)10-14(11-19(20)29-4)9-17-13(3)24-25(21(17)26)16-7-5-15(6-8-16)22(27)28/h5-12H,1-4H3,(H,27,28)/b17-9-. The van der Waals surface area contributed by atoms with Gasteiger partial charge in [-0.25, -0.2) is 4.79 Å². The van der Waals surface area contributed by atoms with Crippen LogP contribution in [0.2, 0.25) is 0 Å². The quantitative estimate of drug-likeness (QED) is 0.612. The molecule has 0 saturated heterocycles. The Labute approximate surface area is 182 Å². The second kappa shape index (κ2) is 8.71. The monoisotopic (exact) mass is 472 g/mol. The predicted molar refractivity (Wildman–Crippen MR) is 118 cm³/mol. The molecule has 1 N–H and O–H groups in total. The average Bonchev–Trinajstić information content (AvgIpc) is 2.97. The maximum atomic E-state index is 13.0. The van der Waals surface area contributed by atoms with Gasteiger partial charge in [-0.2, -0.15) is 10.1 Å². The third kappa shape index (κ3) is 4.38. The molecule has 1 aliphatic rings. The highest BCUT2D eigenvalue weighted by Crippen LogP contribution is 2.38. The highest BCUT2D eigenvalue weighted by atomic mass is 79.9. The third-order valence-corrected chi connectivity index (χ3v) is 4.93. The lowest BCUT2D eigenvalue weighted by Gasteiger charge is -2.16. The van der Waals surface area contributed by atoms with Crippen molar-refractivity contribution >= 4 is 45.3 Å². The normalized spacial score (nSPS) is 15.0. The number of anilines is 1. The van der Waals surface area contributed by atoms with Gasteiger partial charge in [0.05, 0.1) is 40.2 Å². The number of ether oxygens (including phenoxy) is 2. The van der Waals surface area contributed by atoms with Gasteiger partial charge in [0, 0.05) is 0 Å². The molecule has 3 rings (SSSR count). The maximum Gasteiger partial charge on any atom is 0.335 e. The second-order valence-corrected chi connectivity index (χ2v) is 7.77. The van der Waals surface area contributed by atoms with Crippen molar-refractivity contribution in [2.45, 2.75) is 26.9 Å². The molecular weight excluding hydrogens is 452 g/mol. The molecule has 2 aromatic carbocycles. The summed E-state index contributed by atoms with van der Waals surface area (Å²) in [6.45, 7) is 5.60. The fourth-order valence-electron chi connectivity index (χ4n) is 2.94. The van der Waals surface area contributed by atoms with Crippen molar-refractivity contribution in [3.05, 3.63) is 57.6 Å². The zero-order chi connectivity index (χ0) is 22.0. The Morgan fingerprint density at radius 3 is 2.47 bits per heavy atom. The number of carboxylic acids is 1. The lowest BCUT2D eigenvalue weighted by Crippen LogP contribution is -2.21. The van der Waals surface area contributed by atoms with E-state index in [1.54, 1.807) is 38.3 Å². The van der Waals surface area contributed by atoms with Gasteiger partial charge in [0.15, 0.2) is 11.5 Å². The smallest absolute Gasteiger partial charge is 0.335 e. The first kappa shape index (κ1) is 21.6. The summed E-state index contributed by atoms with van der Waals surface area (Å²) >= 11 is 3.51. The van der Waals surface area contributed by atoms with Crippen molar-refractivity contribution in [2.75, 3.05) is 12.1 Å². The molecule has 1 amide bonds. The zero-order valence-electron chi connectivity index (χ0n) is 17.0. The average molecular weight is 473 g/mol. The Kier molecular flexibility index (Phi) is 6.26. The number of carbonyl (C=O) groups is 2. The molecule has 30 heavy (non-hydrogen) atoms. The number of carboxylic acid groups (broad SMARTS) is 1. The summed E-state index contributed by atoms with van der Waals surface area (Å²) in [6, 6.07) is 9.62. The molecule has 0 saturated carbocycles. The molecule has 156 valence electrons. The Balaban J connectivity index is 1.93. The van der Waals surface area contributed by atoms with Crippen LogP contribution >= 0.6 is 15.9 Å². The van der Waals surface area contributed by atoms with E-state index < -0.39 is 5.97 Å². The van der Waals surface area contributed by atoms with Crippen molar-refractivity contribution < 1.29 is 24.2 Å². The second-order valence-electron chi connectivity index (χ2n) is 6.91. The van der Waals surface area contributed by atoms with Gasteiger partial charge in [0.2, 0.25) is 0 Å². The number of aromatic carboxylic acids is 1. The number of benzene rings is 2. The molecule has 0 fully saturated rings. The molecule has 2 aromatic rings. The van der Waals surface area contributed by atoms with Crippen LogP contribution in [0.5, 0.6) is 11.5 Å². The first-order valence-electron chi connectivity index (χ1n) is 9.20. The van der Waals surface area contributed by atoms with Crippen molar-refractivity contribution in [1.29, 1.82) is 0 Å². The van der Waals surface area contributed by atoms with Gasteiger partial charge in [-0.1, -0.05) is 0 Å². The molecule has 0 aromatic heterocycles. The molecule has 1 heterocycles. The van der Waals surface area contributed by atoms with Crippen LogP contribution in [0.4, 0.5) is 5.69 Å². The van der Waals surface area contributed by atoms with Crippen LogP contribution in [0.25, 0.3) is 6.08 Å². The van der Waals surface area contributed by atoms with Gasteiger partial charge >= 0.3 is 5.97 Å². The van der Waals surface area contributed by atoms with Crippen molar-refractivity contribution in [2.24, 2.45) is 5.10 Å². The fourth-order valence-corrected chi connectivity index (χ4v) is 3.50. The zero-order valence-corrected chi connectivity index (χ0v) is 18.6. The number of methoxy groups -OCH3 is 1. The number of amides is 1. The first-order valence-corrected chi connectivity index (χ1v) is 9.99. The number of nitrogens with zero attached hydrogens (tertiary/aromatic N) is 2. The van der Waals surface area contributed by atoms with E-state index in [1.165, 1.54) is 17.1 Å². The van der Waals surface area contributed by atoms with Crippen LogP contribution in [0.1, 0.15) is 36.7 Å². The number of carbonyl (C=O) groups excluding carboxylic acids is 1. The molecule has 0 radical (unpaired) electrons. The number of hydrogen-bond donors (Lipinski definition) is 1. The summed E-state index contributed by atoms with van der Waals surface area (Å²) in [4.78, 5) is 24.0. The minimum absolute atomic E-state index is 0.0220. The van der Waals surface area contributed by atoms with E-state index in [2.05, 4.69) is 21.0 Å². The van der Waals surface area contributed by atoms with Gasteiger partial charge in [-0.15, -0.1) is 0 Å². The summed E-state index contributed by atoms with van der Waals surface area (Å²) in [5.74, 6) is -0.184. The summed E-state index contributed by atoms with van der Waals surface area (Å²) < 4.78 is 12.0. The molecule has 0 spiro atoms. The van der Waals surface area contributed by atoms with Gasteiger partial charge in [-0.05, 0) is 84.7 Å². The molecule has 1 aliphatic heterocycles. The van der Waals surface area contributed by atoms with E-state index in [0.29, 0.717) is 32.9 Å². The predicted octanol–water partition coefficient (Wildman–Crippen LogP) is 4.75. The summed E-state index contributed by atoms with van der Waals surface area (Å²) in [6.07, 6.45) is 1.71. The molecule has 8 heteroatoms. The summed E-state index contributed by atoms with van der Waals surface area (Å²) in [7, 11) is 1.56. The number of hydrogen-bond acceptors (Lipinski definition) is 5. The Bertz CT molecular complexity index is 1060. The molecule has 0 atom stereocenters. The minimum Gasteiger partial charge on any atom is -0.493 e. The molecule has 0 aliphatic carbocycles. The van der Waals surface area contributed by atoms with Crippen molar-refractivity contribution in [3.8, 4) is 11.5 Å². The van der Waals surface area contributed by atoms with Crippen LogP contribution in [-0.2, 0) is 4.79 Å². The third-order valence-electron chi connectivity index (χ3n) is 4.34. The van der Waals surface area contributed by atoms with Crippen molar-refractivity contribution in [3.63, 3.8) is 0 Å². The van der Waals surface area contributed by atoms with Crippen molar-refractivity contribution in [1.82, 2.24) is 0 Å². The summed E-state index contributed by atoms with van der Waals surface area (Å²) in [5.41, 5.74) is 2.37. The van der Waals surface area contributed by atoms with E-state index in [9.17, 15) is 9.59 Å². The van der Waals surface area contributed by atoms with E-state index >= 15 is 0 Å². The Morgan fingerprint density at radius 2 is 1.90 bits per heavy atom. The van der Waals surface area contributed by atoms with Gasteiger partial charge in [-0.3, -0.25) is 4.79 Å². The van der Waals surface area contributed by atoms with Crippen LogP contribution in [0.15, 0.2) is 51.5 Å². The highest BCUT2D eigenvalue weighted by Gasteiger charge is 2.29. The summed E-state index contributed by atoms with van der Waals surface area (Å²) in [5, 5.41) is 14.6. The lowest BCUT2D eigenvalue weighted by atomic mass is 10.1. The van der Waals surface area contributed by atoms with E-state index in [-0.39, 0.29) is 17.6 Å². The molecule has 0 bridgehead atoms. The minimum atomic E-state index is -1.03. The number of rotatable bonds is 6. The maximum absolute atomic E-state index is 13.0. The lowest BCUT2D eigenvalue weighted by molar-refractivity contribution is -0.114. The molecule has 0 unspecified atom stereocenters. The van der Waals surface area contributed by atoms with E-state index in [1.807, 2.05) is 19.9 Å². The largest absolute Gasteiger partial charge is 0.493 e.